The molecule has 0 aliphatic heterocycles. The molecule has 0 aliphatic rings. The van der Waals surface area contributed by atoms with Gasteiger partial charge < -0.3 is 8.83 Å². The summed E-state index contributed by atoms with van der Waals surface area (Å²) < 4.78 is 11.8. The number of benzene rings is 3. The van der Waals surface area contributed by atoms with Gasteiger partial charge in [-0.3, -0.25) is 0 Å². The second-order valence-corrected chi connectivity index (χ2v) is 5.87. The number of hydrogen-bond donors (Lipinski definition) is 0. The van der Waals surface area contributed by atoms with Gasteiger partial charge in [-0.05, 0) is 24.3 Å². The van der Waals surface area contributed by atoms with Crippen LogP contribution in [0.2, 0.25) is 0 Å². The maximum atomic E-state index is 5.92. The molecule has 2 heterocycles. The molecule has 5 aromatic rings. The van der Waals surface area contributed by atoms with Crippen molar-refractivity contribution in [3.63, 3.8) is 0 Å². The van der Waals surface area contributed by atoms with Crippen LogP contribution in [-0.4, -0.2) is 0 Å². The first-order valence-corrected chi connectivity index (χ1v) is 7.95. The molecule has 0 radical (unpaired) electrons. The summed E-state index contributed by atoms with van der Waals surface area (Å²) in [5.41, 5.74) is 3.94. The van der Waals surface area contributed by atoms with Crippen LogP contribution in [0.25, 0.3) is 44.6 Å². The van der Waals surface area contributed by atoms with Crippen LogP contribution in [0.1, 0.15) is 0 Å². The van der Waals surface area contributed by atoms with Crippen molar-refractivity contribution in [1.82, 2.24) is 0 Å². The molecule has 3 aromatic carbocycles. The quantitative estimate of drug-likeness (QED) is 0.371. The van der Waals surface area contributed by atoms with Gasteiger partial charge in [0.1, 0.15) is 22.7 Å². The van der Waals surface area contributed by atoms with Crippen molar-refractivity contribution in [3.05, 3.63) is 84.9 Å². The van der Waals surface area contributed by atoms with Crippen molar-refractivity contribution in [3.8, 4) is 22.6 Å². The fourth-order valence-electron chi connectivity index (χ4n) is 3.05. The molecule has 0 atom stereocenters. The van der Waals surface area contributed by atoms with E-state index in [-0.39, 0.29) is 0 Å². The maximum absolute atomic E-state index is 5.92. The number of hydrogen-bond acceptors (Lipinski definition) is 2. The molecule has 2 nitrogen and oxygen atoms in total. The minimum Gasteiger partial charge on any atom is -0.456 e. The van der Waals surface area contributed by atoms with E-state index < -0.39 is 0 Å². The first-order chi connectivity index (χ1) is 11.9. The van der Waals surface area contributed by atoms with Crippen molar-refractivity contribution in [2.45, 2.75) is 0 Å². The highest BCUT2D eigenvalue weighted by Crippen LogP contribution is 2.31. The predicted molar refractivity (Wildman–Crippen MR) is 96.9 cm³/mol. The van der Waals surface area contributed by atoms with Crippen molar-refractivity contribution >= 4 is 21.9 Å². The summed E-state index contributed by atoms with van der Waals surface area (Å²) in [4.78, 5) is 0. The molecule has 114 valence electrons. The van der Waals surface area contributed by atoms with Crippen LogP contribution in [-0.2, 0) is 0 Å². The molecule has 0 amide bonds. The third-order valence-electron chi connectivity index (χ3n) is 4.30. The van der Waals surface area contributed by atoms with Gasteiger partial charge in [-0.1, -0.05) is 60.7 Å². The predicted octanol–water partition coefficient (Wildman–Crippen LogP) is 6.51. The summed E-state index contributed by atoms with van der Waals surface area (Å²) in [5.74, 6) is 1.76. The van der Waals surface area contributed by atoms with Crippen LogP contribution >= 0.6 is 0 Å². The zero-order valence-corrected chi connectivity index (χ0v) is 12.9. The lowest BCUT2D eigenvalue weighted by Crippen LogP contribution is -1.76. The fourth-order valence-corrected chi connectivity index (χ4v) is 3.05. The molecule has 2 aromatic heterocycles. The van der Waals surface area contributed by atoms with E-state index in [1.807, 2.05) is 36.4 Å². The Bertz CT molecular complexity index is 984. The third-order valence-corrected chi connectivity index (χ3v) is 4.30. The van der Waals surface area contributed by atoms with Crippen molar-refractivity contribution < 1.29 is 8.83 Å². The van der Waals surface area contributed by atoms with Gasteiger partial charge >= 0.3 is 0 Å². The smallest absolute Gasteiger partial charge is 0.135 e. The molecule has 5 rings (SSSR count). The zero-order valence-electron chi connectivity index (χ0n) is 12.9. The molecule has 0 spiro atoms. The van der Waals surface area contributed by atoms with E-state index in [9.17, 15) is 0 Å². The summed E-state index contributed by atoms with van der Waals surface area (Å²) in [5, 5.41) is 2.24. The SMILES string of the molecule is c1ccc2oc(-c3ccc(-c4cc5ccccc5o4)cc3)cc2c1. The molecule has 0 unspecified atom stereocenters. The highest BCUT2D eigenvalue weighted by molar-refractivity contribution is 5.84. The highest BCUT2D eigenvalue weighted by Gasteiger charge is 2.08. The lowest BCUT2D eigenvalue weighted by Gasteiger charge is -1.99. The van der Waals surface area contributed by atoms with E-state index in [0.717, 1.165) is 44.6 Å². The van der Waals surface area contributed by atoms with E-state index in [2.05, 4.69) is 48.5 Å². The molecule has 0 bridgehead atoms. The Labute approximate surface area is 138 Å². The molecule has 0 fully saturated rings. The van der Waals surface area contributed by atoms with E-state index in [1.165, 1.54) is 0 Å². The van der Waals surface area contributed by atoms with Gasteiger partial charge in [-0.25, -0.2) is 0 Å². The van der Waals surface area contributed by atoms with E-state index in [1.54, 1.807) is 0 Å². The Balaban J connectivity index is 1.54. The highest BCUT2D eigenvalue weighted by atomic mass is 16.3. The Morgan fingerprint density at radius 2 is 0.875 bits per heavy atom. The Kier molecular flexibility index (Phi) is 2.83. The second-order valence-electron chi connectivity index (χ2n) is 5.87. The van der Waals surface area contributed by atoms with Gasteiger partial charge in [0.2, 0.25) is 0 Å². The van der Waals surface area contributed by atoms with Gasteiger partial charge in [0.25, 0.3) is 0 Å². The minimum atomic E-state index is 0.882. The van der Waals surface area contributed by atoms with Crippen LogP contribution in [0, 0.1) is 0 Å². The summed E-state index contributed by atoms with van der Waals surface area (Å²) in [6.07, 6.45) is 0. The average molecular weight is 310 g/mol. The summed E-state index contributed by atoms with van der Waals surface area (Å²) >= 11 is 0. The molecule has 24 heavy (non-hydrogen) atoms. The van der Waals surface area contributed by atoms with Crippen LogP contribution < -0.4 is 0 Å². The van der Waals surface area contributed by atoms with Crippen LogP contribution in [0.4, 0.5) is 0 Å². The zero-order chi connectivity index (χ0) is 15.9. The van der Waals surface area contributed by atoms with E-state index in [0.29, 0.717) is 0 Å². The van der Waals surface area contributed by atoms with Gasteiger partial charge in [0.15, 0.2) is 0 Å². The van der Waals surface area contributed by atoms with Crippen molar-refractivity contribution in [1.29, 1.82) is 0 Å². The van der Waals surface area contributed by atoms with Gasteiger partial charge in [0.05, 0.1) is 0 Å². The largest absolute Gasteiger partial charge is 0.456 e. The first-order valence-electron chi connectivity index (χ1n) is 7.95. The number of fused-ring (bicyclic) bond motifs is 2. The first kappa shape index (κ1) is 13.2. The second kappa shape index (κ2) is 5.14. The summed E-state index contributed by atoms with van der Waals surface area (Å²) in [7, 11) is 0. The topological polar surface area (TPSA) is 26.3 Å². The summed E-state index contributed by atoms with van der Waals surface area (Å²) in [6, 6.07) is 28.5. The third kappa shape index (κ3) is 2.12. The van der Waals surface area contributed by atoms with E-state index in [4.69, 9.17) is 8.83 Å². The molecule has 0 saturated carbocycles. The molecule has 2 heteroatoms. The normalized spacial score (nSPS) is 11.3. The number of rotatable bonds is 2. The molecular weight excluding hydrogens is 296 g/mol. The minimum absolute atomic E-state index is 0.882. The van der Waals surface area contributed by atoms with Crippen LogP contribution in [0.15, 0.2) is 93.8 Å². The van der Waals surface area contributed by atoms with Crippen molar-refractivity contribution in [2.24, 2.45) is 0 Å². The lowest BCUT2D eigenvalue weighted by molar-refractivity contribution is 0.629. The van der Waals surface area contributed by atoms with Gasteiger partial charge in [0, 0.05) is 21.9 Å². The van der Waals surface area contributed by atoms with Gasteiger partial charge in [-0.15, -0.1) is 0 Å². The lowest BCUT2D eigenvalue weighted by atomic mass is 10.1. The van der Waals surface area contributed by atoms with Gasteiger partial charge in [-0.2, -0.15) is 0 Å². The Morgan fingerprint density at radius 3 is 1.29 bits per heavy atom. The molecular formula is C22H14O2. The average Bonchev–Trinajstić information content (AvgIpc) is 3.25. The molecule has 0 N–H and O–H groups in total. The fraction of sp³-hybridized carbons (Fsp3) is 0. The molecule has 0 saturated heterocycles. The summed E-state index contributed by atoms with van der Waals surface area (Å²) in [6.45, 7) is 0. The monoisotopic (exact) mass is 310 g/mol. The Hall–Kier alpha value is -3.26. The maximum Gasteiger partial charge on any atom is 0.135 e. The van der Waals surface area contributed by atoms with Crippen molar-refractivity contribution in [2.75, 3.05) is 0 Å². The molecule has 0 aliphatic carbocycles. The number of para-hydroxylation sites is 2. The Morgan fingerprint density at radius 1 is 0.458 bits per heavy atom. The standard InChI is InChI=1S/C22H14O2/c1-3-7-19-17(5-1)13-21(23-19)15-9-11-16(12-10-15)22-14-18-6-2-4-8-20(18)24-22/h1-14H. The van der Waals surface area contributed by atoms with Crippen LogP contribution in [0.3, 0.4) is 0 Å². The van der Waals surface area contributed by atoms with Crippen LogP contribution in [0.5, 0.6) is 0 Å². The van der Waals surface area contributed by atoms with E-state index >= 15 is 0 Å². The number of furan rings is 2.